The molecule has 3 rings (SSSR count). The molecule has 1 fully saturated rings. The normalized spacial score (nSPS) is 15.4. The van der Waals surface area contributed by atoms with Crippen molar-refractivity contribution in [2.75, 3.05) is 18.1 Å². The van der Waals surface area contributed by atoms with Crippen LogP contribution in [-0.4, -0.2) is 30.1 Å². The fraction of sp³-hybridized carbons (Fsp3) is 0.227. The van der Waals surface area contributed by atoms with Crippen molar-refractivity contribution in [3.63, 3.8) is 0 Å². The Bertz CT molecular complexity index is 1010. The molecule has 0 aliphatic carbocycles. The third-order valence-electron chi connectivity index (χ3n) is 4.24. The lowest BCUT2D eigenvalue weighted by atomic mass is 10.1. The first kappa shape index (κ1) is 22.0. The van der Waals surface area contributed by atoms with Crippen molar-refractivity contribution in [2.45, 2.75) is 20.3 Å². The van der Waals surface area contributed by atoms with Gasteiger partial charge in [-0.2, -0.15) is 0 Å². The van der Waals surface area contributed by atoms with Crippen LogP contribution in [0.25, 0.3) is 6.08 Å². The number of amides is 2. The third kappa shape index (κ3) is 4.71. The van der Waals surface area contributed by atoms with Crippen LogP contribution in [0, 0.1) is 0 Å². The molecule has 1 aliphatic heterocycles. The first-order chi connectivity index (χ1) is 14.5. The zero-order chi connectivity index (χ0) is 21.7. The van der Waals surface area contributed by atoms with Crippen LogP contribution in [0.3, 0.4) is 0 Å². The van der Waals surface area contributed by atoms with Crippen LogP contribution < -0.4 is 19.7 Å². The quantitative estimate of drug-likeness (QED) is 0.353. The highest BCUT2D eigenvalue weighted by Gasteiger charge is 2.34. The Labute approximate surface area is 189 Å². The number of para-hydroxylation sites is 1. The van der Waals surface area contributed by atoms with Crippen LogP contribution in [0.15, 0.2) is 52.5 Å². The number of benzene rings is 2. The lowest BCUT2D eigenvalue weighted by Gasteiger charge is -2.29. The van der Waals surface area contributed by atoms with Crippen molar-refractivity contribution in [1.82, 2.24) is 5.32 Å². The summed E-state index contributed by atoms with van der Waals surface area (Å²) in [5, 5.41) is 2.63. The molecule has 6 nitrogen and oxygen atoms in total. The average Bonchev–Trinajstić information content (AvgIpc) is 2.72. The zero-order valence-corrected chi connectivity index (χ0v) is 19.0. The summed E-state index contributed by atoms with van der Waals surface area (Å²) in [4.78, 5) is 27.0. The Balaban J connectivity index is 2.01. The van der Waals surface area contributed by atoms with Gasteiger partial charge in [0.2, 0.25) is 0 Å². The van der Waals surface area contributed by atoms with Gasteiger partial charge in [0.15, 0.2) is 16.6 Å². The van der Waals surface area contributed by atoms with Gasteiger partial charge in [-0.25, -0.2) is 0 Å². The summed E-state index contributed by atoms with van der Waals surface area (Å²) in [5.41, 5.74) is 1.16. The Morgan fingerprint density at radius 2 is 1.80 bits per heavy atom. The molecule has 1 N–H and O–H groups in total. The van der Waals surface area contributed by atoms with Gasteiger partial charge in [0.25, 0.3) is 11.8 Å². The minimum absolute atomic E-state index is 0.0298. The third-order valence-corrected chi connectivity index (χ3v) is 5.21. The number of ether oxygens (including phenoxy) is 2. The number of rotatable bonds is 7. The molecule has 8 heteroatoms. The maximum Gasteiger partial charge on any atom is 0.270 e. The SMILES string of the molecule is CCCOc1cc(Br)c(C=C2C(=O)NC(=S)N(c3ccccc3)C2=O)cc1OCC. The molecule has 1 aliphatic rings. The van der Waals surface area contributed by atoms with Crippen molar-refractivity contribution < 1.29 is 19.1 Å². The molecule has 0 aromatic heterocycles. The number of nitrogens with zero attached hydrogens (tertiary/aromatic N) is 1. The molecule has 2 amide bonds. The summed E-state index contributed by atoms with van der Waals surface area (Å²) < 4.78 is 12.1. The Kier molecular flexibility index (Phi) is 7.23. The van der Waals surface area contributed by atoms with E-state index in [-0.39, 0.29) is 10.7 Å². The number of carbonyl (C=O) groups is 2. The summed E-state index contributed by atoms with van der Waals surface area (Å²) in [6.45, 7) is 4.90. The topological polar surface area (TPSA) is 67.9 Å². The minimum Gasteiger partial charge on any atom is -0.490 e. The van der Waals surface area contributed by atoms with Crippen LogP contribution in [0.5, 0.6) is 11.5 Å². The average molecular weight is 489 g/mol. The largest absolute Gasteiger partial charge is 0.490 e. The van der Waals surface area contributed by atoms with Gasteiger partial charge in [-0.05, 0) is 61.5 Å². The van der Waals surface area contributed by atoms with Gasteiger partial charge in [0, 0.05) is 4.47 Å². The van der Waals surface area contributed by atoms with Gasteiger partial charge in [-0.1, -0.05) is 41.1 Å². The highest BCUT2D eigenvalue weighted by molar-refractivity contribution is 9.10. The molecule has 0 spiro atoms. The predicted octanol–water partition coefficient (Wildman–Crippen LogP) is 4.47. The smallest absolute Gasteiger partial charge is 0.270 e. The van der Waals surface area contributed by atoms with E-state index in [1.54, 1.807) is 36.4 Å². The number of anilines is 1. The maximum absolute atomic E-state index is 13.1. The molecular weight excluding hydrogens is 468 g/mol. The molecule has 30 heavy (non-hydrogen) atoms. The second-order valence-electron chi connectivity index (χ2n) is 6.40. The highest BCUT2D eigenvalue weighted by atomic mass is 79.9. The summed E-state index contributed by atoms with van der Waals surface area (Å²) in [7, 11) is 0. The maximum atomic E-state index is 13.1. The fourth-order valence-corrected chi connectivity index (χ4v) is 3.60. The molecule has 0 radical (unpaired) electrons. The summed E-state index contributed by atoms with van der Waals surface area (Å²) >= 11 is 8.72. The predicted molar refractivity (Wildman–Crippen MR) is 124 cm³/mol. The molecule has 2 aromatic carbocycles. The number of hydrogen-bond donors (Lipinski definition) is 1. The van der Waals surface area contributed by atoms with E-state index in [4.69, 9.17) is 21.7 Å². The molecule has 156 valence electrons. The van der Waals surface area contributed by atoms with Gasteiger partial charge >= 0.3 is 0 Å². The van der Waals surface area contributed by atoms with E-state index < -0.39 is 11.8 Å². The molecule has 1 heterocycles. The van der Waals surface area contributed by atoms with E-state index in [2.05, 4.69) is 21.2 Å². The molecule has 0 bridgehead atoms. The van der Waals surface area contributed by atoms with Crippen LogP contribution in [0.2, 0.25) is 0 Å². The van der Waals surface area contributed by atoms with Crippen molar-refractivity contribution in [3.05, 3.63) is 58.1 Å². The summed E-state index contributed by atoms with van der Waals surface area (Å²) in [6, 6.07) is 12.5. The van der Waals surface area contributed by atoms with Gasteiger partial charge in [0.1, 0.15) is 5.57 Å². The van der Waals surface area contributed by atoms with Crippen molar-refractivity contribution >= 4 is 56.8 Å². The van der Waals surface area contributed by atoms with Gasteiger partial charge in [-0.3, -0.25) is 19.8 Å². The van der Waals surface area contributed by atoms with Crippen LogP contribution in [0.1, 0.15) is 25.8 Å². The van der Waals surface area contributed by atoms with E-state index in [9.17, 15) is 9.59 Å². The monoisotopic (exact) mass is 488 g/mol. The minimum atomic E-state index is -0.548. The Morgan fingerprint density at radius 1 is 1.10 bits per heavy atom. The first-order valence-electron chi connectivity index (χ1n) is 9.51. The molecule has 0 atom stereocenters. The van der Waals surface area contributed by atoms with Crippen LogP contribution in [0.4, 0.5) is 5.69 Å². The first-order valence-corrected chi connectivity index (χ1v) is 10.7. The van der Waals surface area contributed by atoms with Gasteiger partial charge in [0.05, 0.1) is 18.9 Å². The van der Waals surface area contributed by atoms with E-state index >= 15 is 0 Å². The van der Waals surface area contributed by atoms with E-state index in [0.29, 0.717) is 40.4 Å². The van der Waals surface area contributed by atoms with Gasteiger partial charge in [-0.15, -0.1) is 0 Å². The molecule has 2 aromatic rings. The Morgan fingerprint density at radius 3 is 2.47 bits per heavy atom. The van der Waals surface area contributed by atoms with E-state index in [1.165, 1.54) is 11.0 Å². The van der Waals surface area contributed by atoms with Gasteiger partial charge < -0.3 is 9.47 Å². The number of halogens is 1. The molecule has 0 unspecified atom stereocenters. The number of thiocarbonyl (C=S) groups is 1. The van der Waals surface area contributed by atoms with Crippen molar-refractivity contribution in [2.24, 2.45) is 0 Å². The second-order valence-corrected chi connectivity index (χ2v) is 7.64. The second kappa shape index (κ2) is 9.86. The number of carbonyl (C=O) groups excluding carboxylic acids is 2. The van der Waals surface area contributed by atoms with Crippen LogP contribution >= 0.6 is 28.1 Å². The lowest BCUT2D eigenvalue weighted by molar-refractivity contribution is -0.122. The lowest BCUT2D eigenvalue weighted by Crippen LogP contribution is -2.54. The highest BCUT2D eigenvalue weighted by Crippen LogP contribution is 2.35. The van der Waals surface area contributed by atoms with Crippen molar-refractivity contribution in [3.8, 4) is 11.5 Å². The summed E-state index contributed by atoms with van der Waals surface area (Å²) in [6.07, 6.45) is 2.38. The molecule has 0 saturated carbocycles. The molecule has 1 saturated heterocycles. The Hall–Kier alpha value is -2.71. The van der Waals surface area contributed by atoms with E-state index in [0.717, 1.165) is 6.42 Å². The number of nitrogens with one attached hydrogen (secondary N) is 1. The molecular formula is C22H21BrN2O4S. The summed E-state index contributed by atoms with van der Waals surface area (Å²) in [5.74, 6) is 0.0961. The van der Waals surface area contributed by atoms with Crippen LogP contribution in [-0.2, 0) is 9.59 Å². The zero-order valence-electron chi connectivity index (χ0n) is 16.6. The number of hydrogen-bond acceptors (Lipinski definition) is 5. The standard InChI is InChI=1S/C22H21BrN2O4S/c1-3-10-29-19-13-17(23)14(12-18(19)28-4-2)11-16-20(26)24-22(30)25(21(16)27)15-8-6-5-7-9-15/h5-9,11-13H,3-4,10H2,1-2H3,(H,24,26,30). The fourth-order valence-electron chi connectivity index (χ4n) is 2.88. The van der Waals surface area contributed by atoms with Crippen molar-refractivity contribution in [1.29, 1.82) is 0 Å². The van der Waals surface area contributed by atoms with E-state index in [1.807, 2.05) is 19.9 Å².